The van der Waals surface area contributed by atoms with Gasteiger partial charge < -0.3 is 10.3 Å². The van der Waals surface area contributed by atoms with E-state index in [2.05, 4.69) is 26.2 Å². The van der Waals surface area contributed by atoms with E-state index in [0.29, 0.717) is 0 Å². The minimum Gasteiger partial charge on any atom is -0.361 e. The minimum absolute atomic E-state index is 0.0668. The molecule has 2 aromatic rings. The van der Waals surface area contributed by atoms with Gasteiger partial charge in [-0.3, -0.25) is 4.79 Å². The molecule has 0 unspecified atom stereocenters. The average Bonchev–Trinajstić information content (AvgIpc) is 2.50. The van der Waals surface area contributed by atoms with E-state index in [1.807, 2.05) is 24.4 Å². The highest BCUT2D eigenvalue weighted by Crippen LogP contribution is 2.27. The summed E-state index contributed by atoms with van der Waals surface area (Å²) in [5, 5.41) is 3.85. The van der Waals surface area contributed by atoms with E-state index < -0.39 is 0 Å². The highest BCUT2D eigenvalue weighted by molar-refractivity contribution is 9.10. The highest BCUT2D eigenvalue weighted by atomic mass is 79.9. The van der Waals surface area contributed by atoms with Crippen molar-refractivity contribution < 1.29 is 4.79 Å². The largest absolute Gasteiger partial charge is 0.361 e. The number of hydrogen-bond donors (Lipinski definition) is 2. The van der Waals surface area contributed by atoms with Gasteiger partial charge in [0.25, 0.3) is 0 Å². The molecule has 0 aliphatic rings. The van der Waals surface area contributed by atoms with E-state index in [-0.39, 0.29) is 5.91 Å². The number of benzene rings is 1. The van der Waals surface area contributed by atoms with Gasteiger partial charge in [-0.15, -0.1) is 0 Å². The third-order valence-corrected chi connectivity index (χ3v) is 2.59. The predicted octanol–water partition coefficient (Wildman–Crippen LogP) is 2.89. The van der Waals surface area contributed by atoms with Crippen LogP contribution < -0.4 is 5.32 Å². The highest BCUT2D eigenvalue weighted by Gasteiger charge is 2.03. The van der Waals surface area contributed by atoms with Crippen molar-refractivity contribution in [3.8, 4) is 0 Å². The summed E-state index contributed by atoms with van der Waals surface area (Å²) < 4.78 is 0.972. The first-order chi connectivity index (χ1) is 6.66. The topological polar surface area (TPSA) is 44.9 Å². The molecule has 0 fully saturated rings. The van der Waals surface area contributed by atoms with E-state index >= 15 is 0 Å². The zero-order valence-electron chi connectivity index (χ0n) is 7.60. The van der Waals surface area contributed by atoms with Crippen LogP contribution in [0.3, 0.4) is 0 Å². The van der Waals surface area contributed by atoms with Crippen molar-refractivity contribution in [2.75, 3.05) is 5.32 Å². The monoisotopic (exact) mass is 252 g/mol. The number of carbonyl (C=O) groups excluding carboxylic acids is 1. The Kier molecular flexibility index (Phi) is 2.29. The van der Waals surface area contributed by atoms with Crippen LogP contribution in [0.1, 0.15) is 6.92 Å². The number of fused-ring (bicyclic) bond motifs is 1. The van der Waals surface area contributed by atoms with Crippen molar-refractivity contribution >= 4 is 38.4 Å². The molecule has 0 atom stereocenters. The molecule has 1 amide bonds. The fraction of sp³-hybridized carbons (Fsp3) is 0.100. The molecule has 3 nitrogen and oxygen atoms in total. The molecule has 72 valence electrons. The van der Waals surface area contributed by atoms with Gasteiger partial charge in [0.1, 0.15) is 0 Å². The summed E-state index contributed by atoms with van der Waals surface area (Å²) in [6, 6.07) is 5.77. The number of amides is 1. The van der Waals surface area contributed by atoms with Crippen molar-refractivity contribution in [2.45, 2.75) is 6.92 Å². The van der Waals surface area contributed by atoms with Crippen LogP contribution in [-0.4, -0.2) is 10.9 Å². The third-order valence-electron chi connectivity index (χ3n) is 1.94. The second-order valence-corrected chi connectivity index (χ2v) is 3.93. The van der Waals surface area contributed by atoms with Crippen LogP contribution >= 0.6 is 15.9 Å². The van der Waals surface area contributed by atoms with Crippen LogP contribution in [0.15, 0.2) is 28.9 Å². The van der Waals surface area contributed by atoms with Gasteiger partial charge in [-0.2, -0.15) is 0 Å². The summed E-state index contributed by atoms with van der Waals surface area (Å²) in [4.78, 5) is 14.0. The van der Waals surface area contributed by atoms with Crippen molar-refractivity contribution in [3.05, 3.63) is 28.9 Å². The Balaban J connectivity index is 2.53. The van der Waals surface area contributed by atoms with Gasteiger partial charge in [0.15, 0.2) is 0 Å². The SMILES string of the molecule is CC(=O)Nc1cc(Br)c2cc[nH]c2c1. The van der Waals surface area contributed by atoms with Crippen LogP contribution in [0.2, 0.25) is 0 Å². The van der Waals surface area contributed by atoms with Gasteiger partial charge in [0.2, 0.25) is 5.91 Å². The van der Waals surface area contributed by atoms with E-state index in [9.17, 15) is 4.79 Å². The normalized spacial score (nSPS) is 10.4. The van der Waals surface area contributed by atoms with Gasteiger partial charge in [-0.1, -0.05) is 15.9 Å². The summed E-state index contributed by atoms with van der Waals surface area (Å²) in [6.07, 6.45) is 1.87. The Bertz CT molecular complexity index is 490. The molecule has 1 aromatic carbocycles. The standard InChI is InChI=1S/C10H9BrN2O/c1-6(14)13-7-4-9(11)8-2-3-12-10(8)5-7/h2-5,12H,1H3,(H,13,14). The second-order valence-electron chi connectivity index (χ2n) is 3.08. The Hall–Kier alpha value is -1.29. The first-order valence-electron chi connectivity index (χ1n) is 4.21. The average molecular weight is 253 g/mol. The van der Waals surface area contributed by atoms with Gasteiger partial charge in [0, 0.05) is 34.2 Å². The number of carbonyl (C=O) groups is 1. The summed E-state index contributed by atoms with van der Waals surface area (Å²) >= 11 is 3.45. The van der Waals surface area contributed by atoms with Gasteiger partial charge in [0.05, 0.1) is 0 Å². The first-order valence-corrected chi connectivity index (χ1v) is 5.00. The van der Waals surface area contributed by atoms with Crippen LogP contribution in [0.5, 0.6) is 0 Å². The molecule has 0 aliphatic heterocycles. The number of aromatic nitrogens is 1. The number of nitrogens with one attached hydrogen (secondary N) is 2. The van der Waals surface area contributed by atoms with E-state index in [4.69, 9.17) is 0 Å². The molecular formula is C10H9BrN2O. The van der Waals surface area contributed by atoms with Gasteiger partial charge in [-0.25, -0.2) is 0 Å². The summed E-state index contributed by atoms with van der Waals surface area (Å²) in [7, 11) is 0. The number of rotatable bonds is 1. The molecule has 2 N–H and O–H groups in total. The first kappa shape index (κ1) is 9.27. The number of aromatic amines is 1. The predicted molar refractivity (Wildman–Crippen MR) is 60.3 cm³/mol. The van der Waals surface area contributed by atoms with Crippen molar-refractivity contribution in [3.63, 3.8) is 0 Å². The van der Waals surface area contributed by atoms with E-state index in [0.717, 1.165) is 21.1 Å². The van der Waals surface area contributed by atoms with Crippen LogP contribution in [0, 0.1) is 0 Å². The molecule has 0 spiro atoms. The van der Waals surface area contributed by atoms with Crippen LogP contribution in [0.25, 0.3) is 10.9 Å². The summed E-state index contributed by atoms with van der Waals surface area (Å²) in [6.45, 7) is 1.49. The molecular weight excluding hydrogens is 244 g/mol. The van der Waals surface area contributed by atoms with Crippen LogP contribution in [0.4, 0.5) is 5.69 Å². The Labute approximate surface area is 89.6 Å². The molecule has 0 bridgehead atoms. The smallest absolute Gasteiger partial charge is 0.221 e. The van der Waals surface area contributed by atoms with Crippen molar-refractivity contribution in [2.24, 2.45) is 0 Å². The molecule has 14 heavy (non-hydrogen) atoms. The maximum Gasteiger partial charge on any atom is 0.221 e. The Morgan fingerprint density at radius 2 is 2.29 bits per heavy atom. The minimum atomic E-state index is -0.0668. The molecule has 1 heterocycles. The Morgan fingerprint density at radius 1 is 1.50 bits per heavy atom. The molecule has 0 aliphatic carbocycles. The zero-order valence-corrected chi connectivity index (χ0v) is 9.18. The van der Waals surface area contributed by atoms with Crippen LogP contribution in [-0.2, 0) is 4.79 Å². The maximum absolute atomic E-state index is 10.9. The quantitative estimate of drug-likeness (QED) is 0.806. The number of anilines is 1. The summed E-state index contributed by atoms with van der Waals surface area (Å²) in [5.41, 5.74) is 1.79. The number of halogens is 1. The van der Waals surface area contributed by atoms with Crippen molar-refractivity contribution in [1.82, 2.24) is 4.98 Å². The molecule has 4 heteroatoms. The lowest BCUT2D eigenvalue weighted by atomic mass is 10.2. The fourth-order valence-corrected chi connectivity index (χ4v) is 1.99. The molecule has 2 rings (SSSR count). The second kappa shape index (κ2) is 3.46. The summed E-state index contributed by atoms with van der Waals surface area (Å²) in [5.74, 6) is -0.0668. The lowest BCUT2D eigenvalue weighted by Gasteiger charge is -2.03. The van der Waals surface area contributed by atoms with Gasteiger partial charge >= 0.3 is 0 Å². The third kappa shape index (κ3) is 1.65. The van der Waals surface area contributed by atoms with E-state index in [1.54, 1.807) is 0 Å². The molecule has 0 saturated heterocycles. The molecule has 1 aromatic heterocycles. The van der Waals surface area contributed by atoms with E-state index in [1.165, 1.54) is 6.92 Å². The molecule has 0 saturated carbocycles. The molecule has 0 radical (unpaired) electrons. The number of hydrogen-bond acceptors (Lipinski definition) is 1. The Morgan fingerprint density at radius 3 is 3.00 bits per heavy atom. The van der Waals surface area contributed by atoms with Gasteiger partial charge in [-0.05, 0) is 18.2 Å². The lowest BCUT2D eigenvalue weighted by Crippen LogP contribution is -2.05. The van der Waals surface area contributed by atoms with Crippen molar-refractivity contribution in [1.29, 1.82) is 0 Å². The fourth-order valence-electron chi connectivity index (χ4n) is 1.40. The maximum atomic E-state index is 10.9. The zero-order chi connectivity index (χ0) is 10.1. The number of H-pyrrole nitrogens is 1. The lowest BCUT2D eigenvalue weighted by molar-refractivity contribution is -0.114.